The summed E-state index contributed by atoms with van der Waals surface area (Å²) in [6, 6.07) is 3.40. The molecule has 0 radical (unpaired) electrons. The molecule has 1 unspecified atom stereocenters. The van der Waals surface area contributed by atoms with Crippen molar-refractivity contribution in [1.82, 2.24) is 0 Å². The van der Waals surface area contributed by atoms with E-state index in [-0.39, 0.29) is 0 Å². The number of anilines is 2. The lowest BCUT2D eigenvalue weighted by molar-refractivity contribution is 0.0595. The van der Waals surface area contributed by atoms with E-state index in [0.717, 1.165) is 31.9 Å². The summed E-state index contributed by atoms with van der Waals surface area (Å²) in [5.41, 5.74) is 6.98. The van der Waals surface area contributed by atoms with Gasteiger partial charge in [-0.1, -0.05) is 23.2 Å². The normalized spacial score (nSPS) is 20.2. The molecule has 1 atom stereocenters. The molecule has 1 fully saturated rings. The highest BCUT2D eigenvalue weighted by molar-refractivity contribution is 6.39. The van der Waals surface area contributed by atoms with Gasteiger partial charge in [-0.25, -0.2) is 0 Å². The summed E-state index contributed by atoms with van der Waals surface area (Å²) in [5.74, 6) is 0.522. The molecule has 5 heteroatoms. The van der Waals surface area contributed by atoms with Crippen LogP contribution in [0, 0.1) is 5.92 Å². The maximum atomic E-state index is 6.09. The monoisotopic (exact) mass is 274 g/mol. The van der Waals surface area contributed by atoms with Gasteiger partial charge in [0.15, 0.2) is 0 Å². The minimum atomic E-state index is 0.522. The fourth-order valence-electron chi connectivity index (χ4n) is 1.98. The molecule has 0 saturated carbocycles. The Bertz CT molecular complexity index is 369. The third-order valence-electron chi connectivity index (χ3n) is 2.89. The molecule has 0 bridgehead atoms. The smallest absolute Gasteiger partial charge is 0.0720 e. The van der Waals surface area contributed by atoms with Gasteiger partial charge >= 0.3 is 0 Å². The number of nitrogens with two attached hydrogens (primary N) is 1. The number of nitrogens with one attached hydrogen (secondary N) is 1. The molecule has 94 valence electrons. The summed E-state index contributed by atoms with van der Waals surface area (Å²) < 4.78 is 5.42. The van der Waals surface area contributed by atoms with Gasteiger partial charge in [0.2, 0.25) is 0 Å². The van der Waals surface area contributed by atoms with E-state index in [1.165, 1.54) is 6.42 Å². The molecular weight excluding hydrogens is 259 g/mol. The number of rotatable bonds is 3. The van der Waals surface area contributed by atoms with Crippen molar-refractivity contribution in [2.75, 3.05) is 30.8 Å². The summed E-state index contributed by atoms with van der Waals surface area (Å²) in [6.07, 6.45) is 2.30. The predicted molar refractivity (Wildman–Crippen MR) is 72.9 cm³/mol. The third-order valence-corrected chi connectivity index (χ3v) is 3.48. The van der Waals surface area contributed by atoms with Crippen molar-refractivity contribution in [2.24, 2.45) is 5.92 Å². The Hall–Kier alpha value is -0.640. The van der Waals surface area contributed by atoms with Crippen LogP contribution >= 0.6 is 23.2 Å². The molecule has 0 aliphatic carbocycles. The molecule has 1 aliphatic rings. The zero-order valence-electron chi connectivity index (χ0n) is 9.51. The molecule has 0 amide bonds. The van der Waals surface area contributed by atoms with Crippen LogP contribution in [0.25, 0.3) is 0 Å². The van der Waals surface area contributed by atoms with E-state index < -0.39 is 0 Å². The maximum Gasteiger partial charge on any atom is 0.0720 e. The SMILES string of the molecule is Nc1cc(Cl)c(NCC2CCCOC2)c(Cl)c1. The number of nitrogen functional groups attached to an aromatic ring is 1. The van der Waals surface area contributed by atoms with E-state index >= 15 is 0 Å². The maximum absolute atomic E-state index is 6.09. The number of benzene rings is 1. The van der Waals surface area contributed by atoms with Crippen LogP contribution in [0.1, 0.15) is 12.8 Å². The first kappa shape index (κ1) is 12.8. The van der Waals surface area contributed by atoms with Gasteiger partial charge in [0.25, 0.3) is 0 Å². The van der Waals surface area contributed by atoms with Crippen LogP contribution in [-0.4, -0.2) is 19.8 Å². The Morgan fingerprint density at radius 3 is 2.65 bits per heavy atom. The van der Waals surface area contributed by atoms with Gasteiger partial charge in [-0.3, -0.25) is 0 Å². The minimum absolute atomic E-state index is 0.522. The van der Waals surface area contributed by atoms with E-state index in [1.807, 2.05) is 0 Å². The van der Waals surface area contributed by atoms with Crippen LogP contribution in [0.4, 0.5) is 11.4 Å². The number of ether oxygens (including phenoxy) is 1. The number of halogens is 2. The molecule has 17 heavy (non-hydrogen) atoms. The predicted octanol–water partition coefficient (Wildman–Crippen LogP) is 3.41. The lowest BCUT2D eigenvalue weighted by atomic mass is 10.0. The lowest BCUT2D eigenvalue weighted by Crippen LogP contribution is -2.24. The Kier molecular flexibility index (Phi) is 4.37. The summed E-state index contributed by atoms with van der Waals surface area (Å²) in [6.45, 7) is 2.50. The number of hydrogen-bond donors (Lipinski definition) is 2. The van der Waals surface area contributed by atoms with E-state index in [0.29, 0.717) is 21.7 Å². The molecule has 1 aliphatic heterocycles. The fraction of sp³-hybridized carbons (Fsp3) is 0.500. The zero-order valence-corrected chi connectivity index (χ0v) is 11.0. The highest BCUT2D eigenvalue weighted by Gasteiger charge is 2.15. The van der Waals surface area contributed by atoms with Crippen LogP contribution in [0.15, 0.2) is 12.1 Å². The van der Waals surface area contributed by atoms with Gasteiger partial charge in [0, 0.05) is 18.8 Å². The molecule has 3 N–H and O–H groups in total. The first-order chi connectivity index (χ1) is 8.16. The largest absolute Gasteiger partial charge is 0.399 e. The second-order valence-electron chi connectivity index (χ2n) is 4.32. The van der Waals surface area contributed by atoms with Crippen LogP contribution < -0.4 is 11.1 Å². The van der Waals surface area contributed by atoms with Crippen LogP contribution in [0.2, 0.25) is 10.0 Å². The van der Waals surface area contributed by atoms with E-state index in [2.05, 4.69) is 5.32 Å². The van der Waals surface area contributed by atoms with Gasteiger partial charge in [0.05, 0.1) is 22.3 Å². The van der Waals surface area contributed by atoms with Gasteiger partial charge < -0.3 is 15.8 Å². The summed E-state index contributed by atoms with van der Waals surface area (Å²) in [5, 5.41) is 4.40. The molecule has 2 rings (SSSR count). The first-order valence-corrected chi connectivity index (χ1v) is 6.48. The van der Waals surface area contributed by atoms with Gasteiger partial charge in [0.1, 0.15) is 0 Å². The van der Waals surface area contributed by atoms with Gasteiger partial charge in [-0.2, -0.15) is 0 Å². The molecule has 1 aromatic carbocycles. The van der Waals surface area contributed by atoms with Crippen molar-refractivity contribution < 1.29 is 4.74 Å². The summed E-state index contributed by atoms with van der Waals surface area (Å²) in [7, 11) is 0. The Labute approximate surface area is 111 Å². The highest BCUT2D eigenvalue weighted by Crippen LogP contribution is 2.33. The van der Waals surface area contributed by atoms with Crippen molar-refractivity contribution in [2.45, 2.75) is 12.8 Å². The fourth-order valence-corrected chi connectivity index (χ4v) is 2.61. The Morgan fingerprint density at radius 2 is 2.06 bits per heavy atom. The van der Waals surface area contributed by atoms with Crippen LogP contribution in [0.5, 0.6) is 0 Å². The van der Waals surface area contributed by atoms with E-state index in [9.17, 15) is 0 Å². The van der Waals surface area contributed by atoms with Crippen molar-refractivity contribution in [3.8, 4) is 0 Å². The molecule has 0 aromatic heterocycles. The van der Waals surface area contributed by atoms with E-state index in [4.69, 9.17) is 33.7 Å². The Morgan fingerprint density at radius 1 is 1.35 bits per heavy atom. The van der Waals surface area contributed by atoms with Gasteiger partial charge in [-0.05, 0) is 30.9 Å². The average Bonchev–Trinajstić information content (AvgIpc) is 2.29. The van der Waals surface area contributed by atoms with Crippen molar-refractivity contribution in [1.29, 1.82) is 0 Å². The number of hydrogen-bond acceptors (Lipinski definition) is 3. The zero-order chi connectivity index (χ0) is 12.3. The van der Waals surface area contributed by atoms with Crippen LogP contribution in [0.3, 0.4) is 0 Å². The molecule has 1 saturated heterocycles. The lowest BCUT2D eigenvalue weighted by Gasteiger charge is -2.23. The molecule has 1 heterocycles. The Balaban J connectivity index is 1.98. The first-order valence-electron chi connectivity index (χ1n) is 5.73. The van der Waals surface area contributed by atoms with E-state index in [1.54, 1.807) is 12.1 Å². The third kappa shape index (κ3) is 3.41. The molecule has 0 spiro atoms. The second-order valence-corrected chi connectivity index (χ2v) is 5.14. The molecular formula is C12H16Cl2N2O. The molecule has 3 nitrogen and oxygen atoms in total. The highest BCUT2D eigenvalue weighted by atomic mass is 35.5. The minimum Gasteiger partial charge on any atom is -0.399 e. The topological polar surface area (TPSA) is 47.3 Å². The van der Waals surface area contributed by atoms with Crippen LogP contribution in [-0.2, 0) is 4.74 Å². The van der Waals surface area contributed by atoms with Crippen molar-refractivity contribution >= 4 is 34.6 Å². The average molecular weight is 275 g/mol. The summed E-state index contributed by atoms with van der Waals surface area (Å²) in [4.78, 5) is 0. The standard InChI is InChI=1S/C12H16Cl2N2O/c13-10-4-9(15)5-11(14)12(10)16-6-8-2-1-3-17-7-8/h4-5,8,16H,1-3,6-7,15H2. The summed E-state index contributed by atoms with van der Waals surface area (Å²) >= 11 is 12.2. The van der Waals surface area contributed by atoms with Gasteiger partial charge in [-0.15, -0.1) is 0 Å². The molecule has 1 aromatic rings. The quantitative estimate of drug-likeness (QED) is 0.831. The van der Waals surface area contributed by atoms with Crippen molar-refractivity contribution in [3.05, 3.63) is 22.2 Å². The second kappa shape index (κ2) is 5.80. The van der Waals surface area contributed by atoms with Crippen molar-refractivity contribution in [3.63, 3.8) is 0 Å².